The lowest BCUT2D eigenvalue weighted by Crippen LogP contribution is -2.63. The summed E-state index contributed by atoms with van der Waals surface area (Å²) in [6, 6.07) is -0.565. The van der Waals surface area contributed by atoms with Crippen LogP contribution in [0.2, 0.25) is 0 Å². The normalized spacial score (nSPS) is 53.0. The quantitative estimate of drug-likeness (QED) is 0.653. The first kappa shape index (κ1) is 21.0. The highest BCUT2D eigenvalue weighted by Crippen LogP contribution is 2.69. The van der Waals surface area contributed by atoms with E-state index in [0.717, 1.165) is 25.0 Å². The first-order valence-electron chi connectivity index (χ1n) is 11.0. The zero-order valence-electron chi connectivity index (χ0n) is 17.9. The number of Topliss-reactive ketones (excluding diaryl/α,β-unsaturated/α-hetero) is 1. The molecule has 1 saturated heterocycles. The number of carbonyl (C=O) groups is 1. The topological polar surface area (TPSA) is 88.4 Å². The summed E-state index contributed by atoms with van der Waals surface area (Å²) in [7, 11) is 4.30. The van der Waals surface area contributed by atoms with Gasteiger partial charge in [-0.2, -0.15) is 0 Å². The van der Waals surface area contributed by atoms with Gasteiger partial charge in [-0.05, 0) is 49.7 Å². The lowest BCUT2D eigenvalue weighted by atomic mass is 9.46. The van der Waals surface area contributed by atoms with Gasteiger partial charge >= 0.3 is 0 Å². The molecular weight excluding hydrogens is 401 g/mol. The van der Waals surface area contributed by atoms with E-state index in [4.69, 9.17) is 9.47 Å². The van der Waals surface area contributed by atoms with Crippen LogP contribution in [0.1, 0.15) is 39.5 Å². The van der Waals surface area contributed by atoms with E-state index in [2.05, 4.69) is 46.3 Å². The largest absolute Gasteiger partial charge is 0.393 e. The van der Waals surface area contributed by atoms with Crippen LogP contribution in [0.3, 0.4) is 0 Å². The van der Waals surface area contributed by atoms with Gasteiger partial charge in [-0.1, -0.05) is 34.7 Å². The average molecular weight is 433 g/mol. The van der Waals surface area contributed by atoms with Crippen LogP contribution in [0, 0.1) is 28.6 Å². The molecule has 0 bridgehead atoms. The van der Waals surface area contributed by atoms with Gasteiger partial charge in [0.2, 0.25) is 0 Å². The maximum Gasteiger partial charge on any atom is 0.193 e. The van der Waals surface area contributed by atoms with Crippen molar-refractivity contribution in [2.24, 2.45) is 33.6 Å². The summed E-state index contributed by atoms with van der Waals surface area (Å²) >= 11 is 0. The van der Waals surface area contributed by atoms with Crippen molar-refractivity contribution in [1.82, 2.24) is 0 Å². The van der Waals surface area contributed by atoms with E-state index in [1.807, 2.05) is 0 Å². The minimum atomic E-state index is -1.19. The molecule has 2 unspecified atom stereocenters. The monoisotopic (exact) mass is 433 g/mol. The Morgan fingerprint density at radius 2 is 2.17 bits per heavy atom. The van der Waals surface area contributed by atoms with Crippen LogP contribution in [0.5, 0.6) is 0 Å². The van der Waals surface area contributed by atoms with E-state index in [1.165, 1.54) is 5.57 Å². The summed E-state index contributed by atoms with van der Waals surface area (Å²) in [5.74, 6) is 0.209. The van der Waals surface area contributed by atoms with E-state index in [-0.39, 0.29) is 35.1 Å². The first-order chi connectivity index (χ1) is 14.2. The average Bonchev–Trinajstić information content (AvgIpc) is 3.17. The van der Waals surface area contributed by atoms with Crippen LogP contribution >= 0.6 is 9.24 Å². The van der Waals surface area contributed by atoms with Crippen molar-refractivity contribution in [3.63, 3.8) is 0 Å². The summed E-state index contributed by atoms with van der Waals surface area (Å²) in [5, 5.41) is 21.3. The molecule has 4 aliphatic carbocycles. The molecule has 3 saturated carbocycles. The zero-order valence-corrected chi connectivity index (χ0v) is 19.0. The third-order valence-electron chi connectivity index (χ3n) is 9.08. The number of nitrogens with zero attached hydrogens (tertiary/aromatic N) is 1. The minimum Gasteiger partial charge on any atom is -0.393 e. The Kier molecular flexibility index (Phi) is 4.75. The molecule has 1 heterocycles. The highest BCUT2D eigenvalue weighted by molar-refractivity contribution is 7.17. The lowest BCUT2D eigenvalue weighted by molar-refractivity contribution is -0.188. The van der Waals surface area contributed by atoms with Crippen molar-refractivity contribution >= 4 is 20.7 Å². The number of ether oxygens (including phenoxy) is 2. The SMILES string of the molecule is C/N=C1\C=C[C@@]2(C)C(=C1)CC[C@@H]1[C@@H]2[C@@H](O)C[C@@]2(C)[C@H]1C[C@H]1OC(P)O[C@]12C(=O)CO. The van der Waals surface area contributed by atoms with Gasteiger partial charge in [0.15, 0.2) is 17.4 Å². The third kappa shape index (κ3) is 2.43. The molecule has 1 aliphatic heterocycles. The minimum absolute atomic E-state index is 0.0807. The summed E-state index contributed by atoms with van der Waals surface area (Å²) in [5.41, 5.74) is 0.342. The van der Waals surface area contributed by atoms with E-state index in [1.54, 1.807) is 7.05 Å². The number of rotatable bonds is 2. The van der Waals surface area contributed by atoms with Crippen molar-refractivity contribution in [3.8, 4) is 0 Å². The predicted molar refractivity (Wildman–Crippen MR) is 116 cm³/mol. The smallest absolute Gasteiger partial charge is 0.193 e. The maximum absolute atomic E-state index is 13.1. The molecule has 0 spiro atoms. The molecule has 164 valence electrons. The number of carbonyl (C=O) groups excluding carboxylic acids is 1. The van der Waals surface area contributed by atoms with Crippen molar-refractivity contribution in [1.29, 1.82) is 0 Å². The van der Waals surface area contributed by atoms with Crippen LogP contribution < -0.4 is 0 Å². The van der Waals surface area contributed by atoms with Crippen LogP contribution in [-0.4, -0.2) is 59.2 Å². The fourth-order valence-electron chi connectivity index (χ4n) is 7.86. The first-order valence-corrected chi connectivity index (χ1v) is 11.7. The second-order valence-electron chi connectivity index (χ2n) is 10.1. The van der Waals surface area contributed by atoms with Gasteiger partial charge in [0, 0.05) is 23.8 Å². The Bertz CT molecular complexity index is 870. The number of hydrogen-bond acceptors (Lipinski definition) is 6. The van der Waals surface area contributed by atoms with Gasteiger partial charge in [0.05, 0.1) is 17.9 Å². The standard InChI is InChI=1S/C23H32NO5P/c1-21-7-6-13(24-3)8-12(21)4-5-14-15-9-18-23(17(27)11-25,29-20(30)28-18)22(15,2)10-16(26)19(14)21/h6-8,14-16,18-20,25-26H,4-5,9-11,30H2,1-3H3/b24-13+/t14-,15-,16-,18+,19+,20?,21-,22-,23+/m0/s1. The Morgan fingerprint density at radius 1 is 1.40 bits per heavy atom. The second-order valence-corrected chi connectivity index (χ2v) is 10.7. The molecular formula is C23H32NO5P. The molecule has 0 aromatic carbocycles. The molecule has 30 heavy (non-hydrogen) atoms. The van der Waals surface area contributed by atoms with Crippen LogP contribution in [0.15, 0.2) is 28.8 Å². The molecule has 5 rings (SSSR count). The van der Waals surface area contributed by atoms with Crippen molar-refractivity contribution < 1.29 is 24.5 Å². The Labute approximate surface area is 180 Å². The van der Waals surface area contributed by atoms with E-state index in [9.17, 15) is 15.0 Å². The molecule has 2 N–H and O–H groups in total. The molecule has 6 nitrogen and oxygen atoms in total. The van der Waals surface area contributed by atoms with Gasteiger partial charge < -0.3 is 19.7 Å². The number of fused-ring (bicyclic) bond motifs is 7. The number of hydrogen-bond donors (Lipinski definition) is 2. The summed E-state index contributed by atoms with van der Waals surface area (Å²) in [6.07, 6.45) is 8.64. The molecule has 4 fully saturated rings. The fourth-order valence-corrected chi connectivity index (χ4v) is 8.27. The van der Waals surface area contributed by atoms with E-state index >= 15 is 0 Å². The fraction of sp³-hybridized carbons (Fsp3) is 0.739. The third-order valence-corrected chi connectivity index (χ3v) is 9.38. The van der Waals surface area contributed by atoms with Crippen molar-refractivity contribution in [3.05, 3.63) is 23.8 Å². The number of allylic oxidation sites excluding steroid dienone is 4. The second kappa shape index (κ2) is 6.79. The van der Waals surface area contributed by atoms with E-state index in [0.29, 0.717) is 6.42 Å². The Hall–Kier alpha value is -0.910. The van der Waals surface area contributed by atoms with Gasteiger partial charge in [-0.25, -0.2) is 0 Å². The summed E-state index contributed by atoms with van der Waals surface area (Å²) in [6.45, 7) is 3.74. The van der Waals surface area contributed by atoms with Crippen LogP contribution in [-0.2, 0) is 14.3 Å². The summed E-state index contributed by atoms with van der Waals surface area (Å²) in [4.78, 5) is 17.4. The molecule has 0 aromatic rings. The highest BCUT2D eigenvalue weighted by Gasteiger charge is 2.75. The number of ketones is 1. The Balaban J connectivity index is 1.57. The van der Waals surface area contributed by atoms with Crippen molar-refractivity contribution in [2.45, 2.75) is 63.4 Å². The van der Waals surface area contributed by atoms with Crippen LogP contribution in [0.4, 0.5) is 0 Å². The molecule has 0 radical (unpaired) electrons. The van der Waals surface area contributed by atoms with Crippen molar-refractivity contribution in [2.75, 3.05) is 13.7 Å². The lowest BCUT2D eigenvalue weighted by Gasteiger charge is -2.59. The molecule has 0 aromatic heterocycles. The van der Waals surface area contributed by atoms with Gasteiger partial charge in [-0.3, -0.25) is 9.79 Å². The summed E-state index contributed by atoms with van der Waals surface area (Å²) < 4.78 is 12.2. The highest BCUT2D eigenvalue weighted by atomic mass is 31.0. The number of aliphatic imine (C=N–C) groups is 1. The van der Waals surface area contributed by atoms with E-state index < -0.39 is 29.8 Å². The number of aliphatic hydroxyl groups excluding tert-OH is 2. The zero-order chi connectivity index (χ0) is 21.5. The van der Waals surface area contributed by atoms with Gasteiger partial charge in [-0.15, -0.1) is 0 Å². The predicted octanol–water partition coefficient (Wildman–Crippen LogP) is 2.25. The molecule has 5 aliphatic rings. The van der Waals surface area contributed by atoms with Crippen LogP contribution in [0.25, 0.3) is 0 Å². The van der Waals surface area contributed by atoms with Gasteiger partial charge in [0.1, 0.15) is 6.61 Å². The molecule has 7 heteroatoms. The Morgan fingerprint density at radius 3 is 2.87 bits per heavy atom. The number of aliphatic hydroxyl groups is 2. The molecule has 0 amide bonds. The maximum atomic E-state index is 13.1. The molecule has 10 atom stereocenters. The van der Waals surface area contributed by atoms with Gasteiger partial charge in [0.25, 0.3) is 0 Å².